The molecule has 37 heavy (non-hydrogen) atoms. The molecule has 5 rings (SSSR count). The van der Waals surface area contributed by atoms with Crippen LogP contribution in [0, 0.1) is 5.82 Å². The van der Waals surface area contributed by atoms with Crippen LogP contribution in [-0.4, -0.2) is 59.1 Å². The lowest BCUT2D eigenvalue weighted by Gasteiger charge is -2.38. The van der Waals surface area contributed by atoms with Gasteiger partial charge in [0, 0.05) is 30.2 Å². The summed E-state index contributed by atoms with van der Waals surface area (Å²) in [6.45, 7) is 1.79. The van der Waals surface area contributed by atoms with Gasteiger partial charge in [-0.1, -0.05) is 17.7 Å². The number of rotatable bonds is 6. The van der Waals surface area contributed by atoms with Crippen molar-refractivity contribution in [3.05, 3.63) is 87.3 Å². The number of nitrogens with one attached hydrogen (secondary N) is 1. The number of carbonyl (C=O) groups is 1. The van der Waals surface area contributed by atoms with Crippen molar-refractivity contribution in [1.82, 2.24) is 29.7 Å². The molecule has 10 nitrogen and oxygen atoms in total. The predicted octanol–water partition coefficient (Wildman–Crippen LogP) is 2.52. The van der Waals surface area contributed by atoms with E-state index in [9.17, 15) is 19.1 Å². The zero-order chi connectivity index (χ0) is 26.2. The molecule has 1 saturated heterocycles. The van der Waals surface area contributed by atoms with E-state index in [2.05, 4.69) is 15.0 Å². The molecule has 0 radical (unpaired) electrons. The van der Waals surface area contributed by atoms with Crippen molar-refractivity contribution in [2.75, 3.05) is 13.1 Å². The molecule has 0 spiro atoms. The van der Waals surface area contributed by atoms with Gasteiger partial charge < -0.3 is 5.11 Å². The lowest BCUT2D eigenvalue weighted by molar-refractivity contribution is -0.0364. The van der Waals surface area contributed by atoms with Crippen LogP contribution in [-0.2, 0) is 13.1 Å². The monoisotopic (exact) mass is 526 g/mol. The fraction of sp³-hybridized carbons (Fsp3) is 0.280. The molecule has 192 valence electrons. The molecule has 0 saturated carbocycles. The van der Waals surface area contributed by atoms with Crippen molar-refractivity contribution in [3.8, 4) is 5.69 Å². The number of hydrogen-bond donors (Lipinski definition) is 3. The Balaban J connectivity index is 1.26. The highest BCUT2D eigenvalue weighted by Gasteiger charge is 2.33. The fourth-order valence-corrected chi connectivity index (χ4v) is 4.80. The Hall–Kier alpha value is -3.64. The number of likely N-dealkylation sites (tertiary alicyclic amines) is 1. The lowest BCUT2D eigenvalue weighted by atomic mass is 9.91. The average Bonchev–Trinajstić information content (AvgIpc) is 3.33. The topological polar surface area (TPSA) is 126 Å². The number of benzene rings is 2. The first-order valence-electron chi connectivity index (χ1n) is 11.6. The second kappa shape index (κ2) is 10.0. The third kappa shape index (κ3) is 5.12. The average molecular weight is 527 g/mol. The first-order chi connectivity index (χ1) is 17.8. The van der Waals surface area contributed by atoms with Crippen LogP contribution in [0.4, 0.5) is 4.39 Å². The molecule has 1 amide bonds. The highest BCUT2D eigenvalue weighted by atomic mass is 35.5. The fourth-order valence-electron chi connectivity index (χ4n) is 4.56. The van der Waals surface area contributed by atoms with E-state index >= 15 is 0 Å². The maximum Gasteiger partial charge on any atom is 0.274 e. The van der Waals surface area contributed by atoms with Crippen molar-refractivity contribution in [2.45, 2.75) is 31.5 Å². The molecule has 1 aliphatic heterocycles. The summed E-state index contributed by atoms with van der Waals surface area (Å²) < 4.78 is 16.1. The first-order valence-corrected chi connectivity index (χ1v) is 12.0. The number of piperidine rings is 1. The molecule has 4 aromatic rings. The molecule has 12 heteroatoms. The minimum absolute atomic E-state index is 0.0933. The molecule has 1 aliphatic rings. The van der Waals surface area contributed by atoms with Crippen LogP contribution in [0.3, 0.4) is 0 Å². The van der Waals surface area contributed by atoms with Crippen LogP contribution in [0.1, 0.15) is 28.8 Å². The lowest BCUT2D eigenvalue weighted by Crippen LogP contribution is -2.47. The van der Waals surface area contributed by atoms with E-state index in [4.69, 9.17) is 16.8 Å². The first kappa shape index (κ1) is 25.0. The third-order valence-corrected chi connectivity index (χ3v) is 7.04. The number of halogens is 2. The molecule has 0 atom stereocenters. The Bertz CT molecular complexity index is 1510. The zero-order valence-electron chi connectivity index (χ0n) is 19.6. The molecule has 2 aromatic carbocycles. The van der Waals surface area contributed by atoms with Gasteiger partial charge in [-0.05, 0) is 54.8 Å². The van der Waals surface area contributed by atoms with Crippen LogP contribution in [0.15, 0.2) is 59.8 Å². The molecule has 3 N–H and O–H groups in total. The minimum atomic E-state index is -1.09. The number of hydroxylamine groups is 1. The van der Waals surface area contributed by atoms with Crippen LogP contribution < -0.4 is 11.0 Å². The molecular formula is C25H24ClFN6O4. The van der Waals surface area contributed by atoms with E-state index < -0.39 is 11.5 Å². The van der Waals surface area contributed by atoms with Crippen LogP contribution >= 0.6 is 11.6 Å². The summed E-state index contributed by atoms with van der Waals surface area (Å²) in [6, 6.07) is 10.5. The smallest absolute Gasteiger partial charge is 0.274 e. The number of carbonyl (C=O) groups excluding carboxylic acids is 1. The Kier molecular flexibility index (Phi) is 6.78. The minimum Gasteiger partial charge on any atom is -0.388 e. The molecule has 2 aromatic heterocycles. The quantitative estimate of drug-likeness (QED) is 0.260. The molecule has 0 aliphatic carbocycles. The van der Waals surface area contributed by atoms with E-state index in [1.165, 1.54) is 40.0 Å². The summed E-state index contributed by atoms with van der Waals surface area (Å²) in [5.74, 6) is -1.01. The van der Waals surface area contributed by atoms with Gasteiger partial charge in [-0.2, -0.15) is 5.10 Å². The van der Waals surface area contributed by atoms with Crippen LogP contribution in [0.5, 0.6) is 0 Å². The zero-order valence-corrected chi connectivity index (χ0v) is 20.4. The maximum absolute atomic E-state index is 13.3. The van der Waals surface area contributed by atoms with E-state index in [1.807, 2.05) is 0 Å². The largest absolute Gasteiger partial charge is 0.388 e. The highest BCUT2D eigenvalue weighted by molar-refractivity contribution is 6.31. The molecule has 0 bridgehead atoms. The summed E-state index contributed by atoms with van der Waals surface area (Å²) in [6.07, 6.45) is 3.71. The Labute approximate surface area is 215 Å². The van der Waals surface area contributed by atoms with Crippen LogP contribution in [0.25, 0.3) is 16.7 Å². The second-order valence-corrected chi connectivity index (χ2v) is 9.60. The SMILES string of the molecule is O=C(NO)c1ccc(CN2CCC(O)(Cn3cnc4c(cnn4-c4ccc(F)cc4)c3=O)CC2)c(Cl)c1. The van der Waals surface area contributed by atoms with Gasteiger partial charge in [0.05, 0.1) is 24.0 Å². The number of hydrogen-bond acceptors (Lipinski definition) is 7. The summed E-state index contributed by atoms with van der Waals surface area (Å²) >= 11 is 6.32. The molecule has 1 fully saturated rings. The van der Waals surface area contributed by atoms with Crippen molar-refractivity contribution >= 4 is 28.5 Å². The van der Waals surface area contributed by atoms with Gasteiger partial charge >= 0.3 is 0 Å². The number of amides is 1. The van der Waals surface area contributed by atoms with Gasteiger partial charge in [0.1, 0.15) is 17.5 Å². The summed E-state index contributed by atoms with van der Waals surface area (Å²) in [7, 11) is 0. The van der Waals surface area contributed by atoms with Crippen molar-refractivity contribution < 1.29 is 19.5 Å². The van der Waals surface area contributed by atoms with Crippen molar-refractivity contribution in [1.29, 1.82) is 0 Å². The van der Waals surface area contributed by atoms with E-state index in [0.29, 0.717) is 54.2 Å². The van der Waals surface area contributed by atoms with Gasteiger partial charge in [0.15, 0.2) is 5.65 Å². The van der Waals surface area contributed by atoms with Crippen LogP contribution in [0.2, 0.25) is 5.02 Å². The molecular weight excluding hydrogens is 503 g/mol. The normalized spacial score (nSPS) is 15.7. The molecule has 3 heterocycles. The number of aromatic nitrogens is 4. The summed E-state index contributed by atoms with van der Waals surface area (Å²) in [5, 5.41) is 25.0. The highest BCUT2D eigenvalue weighted by Crippen LogP contribution is 2.27. The van der Waals surface area contributed by atoms with Gasteiger partial charge in [-0.15, -0.1) is 0 Å². The Morgan fingerprint density at radius 2 is 1.89 bits per heavy atom. The van der Waals surface area contributed by atoms with E-state index in [-0.39, 0.29) is 23.5 Å². The summed E-state index contributed by atoms with van der Waals surface area (Å²) in [5.41, 5.74) is 2.20. The number of fused-ring (bicyclic) bond motifs is 1. The second-order valence-electron chi connectivity index (χ2n) is 9.20. The van der Waals surface area contributed by atoms with Crippen molar-refractivity contribution in [3.63, 3.8) is 0 Å². The van der Waals surface area contributed by atoms with Crippen molar-refractivity contribution in [2.24, 2.45) is 0 Å². The third-order valence-electron chi connectivity index (χ3n) is 6.69. The van der Waals surface area contributed by atoms with Gasteiger partial charge in [-0.25, -0.2) is 19.5 Å². The molecule has 0 unspecified atom stereocenters. The Morgan fingerprint density at radius 1 is 1.16 bits per heavy atom. The van der Waals surface area contributed by atoms with Gasteiger partial charge in [0.25, 0.3) is 11.5 Å². The number of nitrogens with zero attached hydrogens (tertiary/aromatic N) is 5. The maximum atomic E-state index is 13.3. The van der Waals surface area contributed by atoms with E-state index in [0.717, 1.165) is 5.56 Å². The predicted molar refractivity (Wildman–Crippen MR) is 133 cm³/mol. The summed E-state index contributed by atoms with van der Waals surface area (Å²) in [4.78, 5) is 31.2. The van der Waals surface area contributed by atoms with Gasteiger partial charge in [-0.3, -0.25) is 24.3 Å². The van der Waals surface area contributed by atoms with E-state index in [1.54, 1.807) is 29.7 Å². The Morgan fingerprint density at radius 3 is 2.57 bits per heavy atom. The standard InChI is InChI=1S/C25H24ClFN6O4/c26-21-11-16(23(34)30-37)1-2-17(21)13-31-9-7-25(36,8-10-31)14-32-15-28-22-20(24(32)35)12-29-33(22)19-5-3-18(27)4-6-19/h1-6,11-12,15,36-37H,7-10,13-14H2,(H,30,34). The van der Waals surface area contributed by atoms with Gasteiger partial charge in [0.2, 0.25) is 0 Å². The number of aliphatic hydroxyl groups is 1.